The minimum atomic E-state index is -0.165. The number of nitrogens with zero attached hydrogens (tertiary/aromatic N) is 4. The molecule has 0 aliphatic carbocycles. The third-order valence-electron chi connectivity index (χ3n) is 7.53. The van der Waals surface area contributed by atoms with Crippen molar-refractivity contribution in [2.45, 2.75) is 60.1 Å². The summed E-state index contributed by atoms with van der Waals surface area (Å²) in [6, 6.07) is 22.2. The quantitative estimate of drug-likeness (QED) is 0.325. The van der Waals surface area contributed by atoms with Gasteiger partial charge in [-0.2, -0.15) is 5.10 Å². The molecule has 7 nitrogen and oxygen atoms in total. The molecule has 2 amide bonds. The fourth-order valence-electron chi connectivity index (χ4n) is 5.04. The second-order valence-electron chi connectivity index (χ2n) is 10.9. The van der Waals surface area contributed by atoms with Crippen LogP contribution in [0.1, 0.15) is 56.4 Å². The lowest BCUT2D eigenvalue weighted by atomic mass is 9.93. The van der Waals surface area contributed by atoms with Gasteiger partial charge in [-0.3, -0.25) is 9.89 Å². The number of carbonyl (C=O) groups excluding carboxylic acids is 1. The molecule has 0 radical (unpaired) electrons. The van der Waals surface area contributed by atoms with E-state index in [1.807, 2.05) is 51.1 Å². The maximum absolute atomic E-state index is 14.2. The molecule has 3 aromatic carbocycles. The molecule has 3 aromatic rings. The third-order valence-corrected chi connectivity index (χ3v) is 7.53. The molecule has 0 saturated carbocycles. The van der Waals surface area contributed by atoms with Crippen molar-refractivity contribution >= 4 is 29.0 Å². The van der Waals surface area contributed by atoms with E-state index in [9.17, 15) is 4.79 Å². The SMILES string of the molecule is CCC(C)C1=NN(C(C)C)C(=O)N(c2ccc(CC3=NCCN3)cc2)c2cc(C)c(OCc3ccccc3)cc21. The predicted octanol–water partition coefficient (Wildman–Crippen LogP) is 6.85. The van der Waals surface area contributed by atoms with Gasteiger partial charge in [-0.1, -0.05) is 56.3 Å². The molecule has 0 fully saturated rings. The van der Waals surface area contributed by atoms with Gasteiger partial charge in [0.25, 0.3) is 0 Å². The number of aliphatic imine (C=N–C) groups is 1. The molecular formula is C33H39N5O2. The second kappa shape index (κ2) is 11.9. The molecule has 2 heterocycles. The largest absolute Gasteiger partial charge is 0.489 e. The fourth-order valence-corrected chi connectivity index (χ4v) is 5.04. The average Bonchev–Trinajstić information content (AvgIpc) is 3.43. The molecule has 0 aromatic heterocycles. The van der Waals surface area contributed by atoms with Crippen molar-refractivity contribution in [2.75, 3.05) is 18.0 Å². The highest BCUT2D eigenvalue weighted by molar-refractivity contribution is 6.14. The van der Waals surface area contributed by atoms with Gasteiger partial charge >= 0.3 is 6.03 Å². The van der Waals surface area contributed by atoms with Crippen molar-refractivity contribution in [3.8, 4) is 5.75 Å². The van der Waals surface area contributed by atoms with Crippen molar-refractivity contribution in [3.63, 3.8) is 0 Å². The van der Waals surface area contributed by atoms with E-state index in [-0.39, 0.29) is 18.0 Å². The van der Waals surface area contributed by atoms with Crippen molar-refractivity contribution in [3.05, 3.63) is 89.0 Å². The van der Waals surface area contributed by atoms with Crippen molar-refractivity contribution in [1.82, 2.24) is 10.3 Å². The van der Waals surface area contributed by atoms with Gasteiger partial charge in [-0.05, 0) is 68.1 Å². The standard InChI is InChI=1S/C33H39N5O2/c1-6-23(4)32-28-20-30(40-21-26-10-8-7-9-11-26)24(5)18-29(28)37(33(39)38(36-32)22(2)3)27-14-12-25(13-15-27)19-31-34-16-17-35-31/h7-15,18,20,22-23H,6,16-17,19,21H2,1-5H3,(H,34,35). The first-order valence-electron chi connectivity index (χ1n) is 14.3. The van der Waals surface area contributed by atoms with E-state index in [0.717, 1.165) is 76.9 Å². The Bertz CT molecular complexity index is 1410. The van der Waals surface area contributed by atoms with Crippen LogP contribution in [0.5, 0.6) is 5.75 Å². The van der Waals surface area contributed by atoms with E-state index in [0.29, 0.717) is 6.61 Å². The van der Waals surface area contributed by atoms with Crippen LogP contribution < -0.4 is 15.0 Å². The molecule has 1 N–H and O–H groups in total. The minimum absolute atomic E-state index is 0.107. The number of urea groups is 1. The van der Waals surface area contributed by atoms with Crippen molar-refractivity contribution < 1.29 is 9.53 Å². The van der Waals surface area contributed by atoms with E-state index in [1.165, 1.54) is 0 Å². The summed E-state index contributed by atoms with van der Waals surface area (Å²) in [5.41, 5.74) is 6.68. The number of nitrogens with one attached hydrogen (secondary N) is 1. The Hall–Kier alpha value is -4.13. The molecule has 208 valence electrons. The topological polar surface area (TPSA) is 69.5 Å². The Morgan fingerprint density at radius 2 is 1.75 bits per heavy atom. The zero-order valence-electron chi connectivity index (χ0n) is 24.1. The van der Waals surface area contributed by atoms with Crippen LogP contribution in [0.2, 0.25) is 0 Å². The third kappa shape index (κ3) is 5.74. The fraction of sp³-hybridized carbons (Fsp3) is 0.364. The highest BCUT2D eigenvalue weighted by atomic mass is 16.5. The number of fused-ring (bicyclic) bond motifs is 1. The highest BCUT2D eigenvalue weighted by Gasteiger charge is 2.34. The predicted molar refractivity (Wildman–Crippen MR) is 163 cm³/mol. The summed E-state index contributed by atoms with van der Waals surface area (Å²) in [5, 5.41) is 9.95. The van der Waals surface area contributed by atoms with Crippen LogP contribution in [0.15, 0.2) is 76.8 Å². The molecule has 2 aliphatic rings. The lowest BCUT2D eigenvalue weighted by Gasteiger charge is -2.29. The van der Waals surface area contributed by atoms with Gasteiger partial charge < -0.3 is 10.1 Å². The number of hydrogen-bond acceptors (Lipinski definition) is 5. The first-order valence-corrected chi connectivity index (χ1v) is 14.3. The molecular weight excluding hydrogens is 498 g/mol. The van der Waals surface area contributed by atoms with Crippen molar-refractivity contribution in [2.24, 2.45) is 16.0 Å². The van der Waals surface area contributed by atoms with Gasteiger partial charge in [0.2, 0.25) is 0 Å². The maximum Gasteiger partial charge on any atom is 0.349 e. The molecule has 1 atom stereocenters. The molecule has 0 saturated heterocycles. The van der Waals surface area contributed by atoms with Crippen LogP contribution in [0.4, 0.5) is 16.2 Å². The monoisotopic (exact) mass is 537 g/mol. The van der Waals surface area contributed by atoms with Gasteiger partial charge in [-0.25, -0.2) is 9.80 Å². The summed E-state index contributed by atoms with van der Waals surface area (Å²) in [4.78, 5) is 20.5. The summed E-state index contributed by atoms with van der Waals surface area (Å²) >= 11 is 0. The summed E-state index contributed by atoms with van der Waals surface area (Å²) in [5.74, 6) is 1.96. The van der Waals surface area contributed by atoms with Crippen molar-refractivity contribution in [1.29, 1.82) is 0 Å². The Morgan fingerprint density at radius 3 is 2.40 bits per heavy atom. The number of hydrazone groups is 1. The second-order valence-corrected chi connectivity index (χ2v) is 10.9. The van der Waals surface area contributed by atoms with Gasteiger partial charge in [0.1, 0.15) is 18.2 Å². The number of amides is 2. The Morgan fingerprint density at radius 1 is 1.00 bits per heavy atom. The Labute approximate surface area is 237 Å². The zero-order chi connectivity index (χ0) is 28.2. The maximum atomic E-state index is 14.2. The van der Waals surface area contributed by atoms with Gasteiger partial charge in [-0.15, -0.1) is 0 Å². The van der Waals surface area contributed by atoms with E-state index in [1.54, 1.807) is 9.91 Å². The molecule has 0 spiro atoms. The summed E-state index contributed by atoms with van der Waals surface area (Å²) in [7, 11) is 0. The molecule has 0 bridgehead atoms. The number of carbonyl (C=O) groups is 1. The van der Waals surface area contributed by atoms with E-state index >= 15 is 0 Å². The summed E-state index contributed by atoms with van der Waals surface area (Å²) in [6.07, 6.45) is 1.66. The molecule has 1 unspecified atom stereocenters. The first-order chi connectivity index (χ1) is 19.4. The van der Waals surface area contributed by atoms with Crippen LogP contribution in [0.25, 0.3) is 0 Å². The number of anilines is 2. The van der Waals surface area contributed by atoms with Gasteiger partial charge in [0, 0.05) is 24.4 Å². The summed E-state index contributed by atoms with van der Waals surface area (Å²) in [6.45, 7) is 12.6. The normalized spacial score (nSPS) is 15.8. The van der Waals surface area contributed by atoms with Crippen LogP contribution in [0.3, 0.4) is 0 Å². The lowest BCUT2D eigenvalue weighted by molar-refractivity contribution is 0.196. The number of rotatable bonds is 9. The van der Waals surface area contributed by atoms with Gasteiger partial charge in [0.15, 0.2) is 0 Å². The number of benzene rings is 3. The van der Waals surface area contributed by atoms with Crippen LogP contribution in [0, 0.1) is 12.8 Å². The Balaban J connectivity index is 1.58. The van der Waals surface area contributed by atoms with Crippen LogP contribution >= 0.6 is 0 Å². The number of amidine groups is 1. The highest BCUT2D eigenvalue weighted by Crippen LogP contribution is 2.39. The Kier molecular flexibility index (Phi) is 8.19. The molecule has 40 heavy (non-hydrogen) atoms. The molecule has 7 heteroatoms. The average molecular weight is 538 g/mol. The number of aryl methyl sites for hydroxylation is 1. The van der Waals surface area contributed by atoms with Gasteiger partial charge in [0.05, 0.1) is 29.7 Å². The summed E-state index contributed by atoms with van der Waals surface area (Å²) < 4.78 is 6.32. The first kappa shape index (κ1) is 27.4. The molecule has 5 rings (SSSR count). The zero-order valence-corrected chi connectivity index (χ0v) is 24.1. The molecule has 2 aliphatic heterocycles. The van der Waals surface area contributed by atoms with E-state index < -0.39 is 0 Å². The van der Waals surface area contributed by atoms with Crippen LogP contribution in [-0.4, -0.2) is 41.7 Å². The minimum Gasteiger partial charge on any atom is -0.489 e. The number of hydrogen-bond donors (Lipinski definition) is 1. The number of ether oxygens (including phenoxy) is 1. The van der Waals surface area contributed by atoms with E-state index in [2.05, 4.69) is 60.6 Å². The smallest absolute Gasteiger partial charge is 0.349 e. The lowest BCUT2D eigenvalue weighted by Crippen LogP contribution is -2.41. The van der Waals surface area contributed by atoms with E-state index in [4.69, 9.17) is 9.84 Å². The van der Waals surface area contributed by atoms with Crippen LogP contribution in [-0.2, 0) is 13.0 Å².